The maximum atomic E-state index is 5.18. The van der Waals surface area contributed by atoms with Gasteiger partial charge < -0.3 is 0 Å². The molecule has 16 aromatic carbocycles. The van der Waals surface area contributed by atoms with Gasteiger partial charge in [0.2, 0.25) is 0 Å². The summed E-state index contributed by atoms with van der Waals surface area (Å²) in [6, 6.07) is 123. The third kappa shape index (κ3) is 8.89. The summed E-state index contributed by atoms with van der Waals surface area (Å²) < 4.78 is 4.65. The minimum atomic E-state index is 0.797. The van der Waals surface area contributed by atoms with E-state index in [0.717, 1.165) is 116 Å². The first kappa shape index (κ1) is 55.3. The van der Waals surface area contributed by atoms with Crippen LogP contribution in [0.3, 0.4) is 0 Å². The Bertz CT molecular complexity index is 6660. The molecule has 6 heteroatoms. The molecule has 0 aliphatic heterocycles. The molecule has 0 bridgehead atoms. The van der Waals surface area contributed by atoms with Crippen molar-refractivity contribution in [2.75, 3.05) is 0 Å². The van der Waals surface area contributed by atoms with Crippen LogP contribution in [0.4, 0.5) is 0 Å². The van der Waals surface area contributed by atoms with Crippen molar-refractivity contribution < 1.29 is 0 Å². The summed E-state index contributed by atoms with van der Waals surface area (Å²) in [4.78, 5) is 0. The van der Waals surface area contributed by atoms with Crippen molar-refractivity contribution in [1.82, 2.24) is 29.5 Å². The molecule has 6 nitrogen and oxygen atoms in total. The van der Waals surface area contributed by atoms with Gasteiger partial charge in [-0.15, -0.1) is 20.4 Å². The van der Waals surface area contributed by atoms with Crippen molar-refractivity contribution >= 4 is 108 Å². The lowest BCUT2D eigenvalue weighted by Gasteiger charge is -2.14. The van der Waals surface area contributed by atoms with Crippen LogP contribution in [0.5, 0.6) is 0 Å². The zero-order valence-electron chi connectivity index (χ0n) is 53.0. The molecule has 0 aliphatic carbocycles. The molecule has 0 fully saturated rings. The SMILES string of the molecule is c1ccc(-c2cccc3c2c2cc4ccccc4cc2n3-c2nnc(-c3ccc(-c4cccc5c(-c6cccc(-c7ccc8c(c7)c7cc9ccccc9cc7n8-c7nnc(-c8ccc(-c9ccc%10ccccc%10c9)cc8)c8ccccc78)c6)cccc45)cc3)c3ccccc23)cc1. The fourth-order valence-electron chi connectivity index (χ4n) is 15.6. The Morgan fingerprint density at radius 2 is 0.571 bits per heavy atom. The summed E-state index contributed by atoms with van der Waals surface area (Å²) in [6.45, 7) is 0. The summed E-state index contributed by atoms with van der Waals surface area (Å²) >= 11 is 0. The Morgan fingerprint density at radius 1 is 0.173 bits per heavy atom. The van der Waals surface area contributed by atoms with E-state index in [1.54, 1.807) is 0 Å². The number of hydrogen-bond donors (Lipinski definition) is 0. The van der Waals surface area contributed by atoms with Crippen LogP contribution in [-0.2, 0) is 0 Å². The molecule has 20 aromatic rings. The summed E-state index contributed by atoms with van der Waals surface area (Å²) in [5.74, 6) is 1.60. The minimum absolute atomic E-state index is 0.797. The number of rotatable bonds is 9. The topological polar surface area (TPSA) is 61.4 Å². The zero-order valence-corrected chi connectivity index (χ0v) is 53.0. The van der Waals surface area contributed by atoms with Gasteiger partial charge in [0.15, 0.2) is 11.6 Å². The van der Waals surface area contributed by atoms with Crippen molar-refractivity contribution in [3.63, 3.8) is 0 Å². The van der Waals surface area contributed by atoms with Crippen molar-refractivity contribution in [2.24, 2.45) is 0 Å². The molecule has 20 rings (SSSR count). The van der Waals surface area contributed by atoms with Crippen LogP contribution in [0.25, 0.3) is 198 Å². The normalized spacial score (nSPS) is 11.9. The second-order valence-electron chi connectivity index (χ2n) is 25.7. The van der Waals surface area contributed by atoms with Crippen LogP contribution in [0.2, 0.25) is 0 Å². The molecule has 0 N–H and O–H groups in total. The van der Waals surface area contributed by atoms with E-state index in [-0.39, 0.29) is 0 Å². The van der Waals surface area contributed by atoms with Crippen LogP contribution in [-0.4, -0.2) is 29.5 Å². The largest absolute Gasteiger partial charge is 0.292 e. The van der Waals surface area contributed by atoms with Crippen molar-refractivity contribution in [3.05, 3.63) is 340 Å². The highest BCUT2D eigenvalue weighted by Crippen LogP contribution is 2.45. The van der Waals surface area contributed by atoms with Crippen LogP contribution >= 0.6 is 0 Å². The molecule has 4 heterocycles. The predicted octanol–water partition coefficient (Wildman–Crippen LogP) is 24.0. The van der Waals surface area contributed by atoms with Gasteiger partial charge in [0.1, 0.15) is 11.4 Å². The molecule has 4 aromatic heterocycles. The highest BCUT2D eigenvalue weighted by Gasteiger charge is 2.24. The van der Waals surface area contributed by atoms with Gasteiger partial charge in [0.25, 0.3) is 0 Å². The van der Waals surface area contributed by atoms with Gasteiger partial charge in [0, 0.05) is 54.2 Å². The van der Waals surface area contributed by atoms with Gasteiger partial charge in [-0.2, -0.15) is 0 Å². The third-order valence-corrected chi connectivity index (χ3v) is 20.3. The van der Waals surface area contributed by atoms with E-state index in [4.69, 9.17) is 20.4 Å². The van der Waals surface area contributed by atoms with Gasteiger partial charge in [0.05, 0.1) is 22.1 Å². The number of hydrogen-bond acceptors (Lipinski definition) is 4. The summed E-state index contributed by atoms with van der Waals surface area (Å²) in [6.07, 6.45) is 0. The average molecular weight is 1250 g/mol. The molecule has 0 radical (unpaired) electrons. The van der Waals surface area contributed by atoms with Gasteiger partial charge in [-0.05, 0) is 153 Å². The van der Waals surface area contributed by atoms with Gasteiger partial charge >= 0.3 is 0 Å². The fourth-order valence-corrected chi connectivity index (χ4v) is 15.6. The van der Waals surface area contributed by atoms with E-state index in [2.05, 4.69) is 349 Å². The fraction of sp³-hybridized carbons (Fsp3) is 0. The Kier molecular flexibility index (Phi) is 12.6. The zero-order chi connectivity index (χ0) is 64.4. The van der Waals surface area contributed by atoms with Crippen LogP contribution in [0, 0.1) is 0 Å². The molecule has 0 aliphatic rings. The van der Waals surface area contributed by atoms with E-state index in [0.29, 0.717) is 0 Å². The van der Waals surface area contributed by atoms with Crippen LogP contribution in [0.1, 0.15) is 0 Å². The lowest BCUT2D eigenvalue weighted by molar-refractivity contribution is 0.977. The molecule has 0 unspecified atom stereocenters. The molecule has 98 heavy (non-hydrogen) atoms. The standard InChI is InChI=1S/C92H56N6/c1-2-19-59(20-3-1)74-34-17-37-85-88(74)83-54-66-23-7-9-25-68(66)56-87(83)98(85)92-80-31-13-11-29-78(80)90(94-96-92)62-45-41-60(42-46-62)72-32-15-36-76-73(33-16-35-75(72)76)71-27-14-26-64(51-71)70-48-49-84-81(53-70)82-52-65-22-6-8-24-67(65)55-86(82)97(84)91-79-30-12-10-28-77(79)89(93-95-91)61-43-38-58(39-44-61)69-47-40-57-18-4-5-21-63(57)50-69/h1-56H. The van der Waals surface area contributed by atoms with Crippen LogP contribution in [0.15, 0.2) is 340 Å². The smallest absolute Gasteiger partial charge is 0.168 e. The Hall–Kier alpha value is -13.2. The van der Waals surface area contributed by atoms with Crippen molar-refractivity contribution in [2.45, 2.75) is 0 Å². The summed E-state index contributed by atoms with van der Waals surface area (Å²) in [5.41, 5.74) is 19.7. The molecule has 454 valence electrons. The second-order valence-corrected chi connectivity index (χ2v) is 25.7. The number of nitrogens with zero attached hydrogens (tertiary/aromatic N) is 6. The number of aromatic nitrogens is 6. The molecule has 0 amide bonds. The van der Waals surface area contributed by atoms with E-state index in [9.17, 15) is 0 Å². The summed E-state index contributed by atoms with van der Waals surface area (Å²) in [7, 11) is 0. The number of benzene rings is 16. The van der Waals surface area contributed by atoms with Crippen molar-refractivity contribution in [3.8, 4) is 89.8 Å². The Morgan fingerprint density at radius 3 is 1.21 bits per heavy atom. The molecule has 0 saturated carbocycles. The molecule has 0 saturated heterocycles. The highest BCUT2D eigenvalue weighted by atomic mass is 15.2. The first-order chi connectivity index (χ1) is 48.6. The first-order valence-corrected chi connectivity index (χ1v) is 33.4. The minimum Gasteiger partial charge on any atom is -0.292 e. The molecular formula is C92H56N6. The van der Waals surface area contributed by atoms with Crippen molar-refractivity contribution in [1.29, 1.82) is 0 Å². The number of fused-ring (bicyclic) bond motifs is 12. The average Bonchev–Trinajstić information content (AvgIpc) is 1.33. The molecular weight excluding hydrogens is 1190 g/mol. The monoisotopic (exact) mass is 1240 g/mol. The lowest BCUT2D eigenvalue weighted by Crippen LogP contribution is -2.02. The lowest BCUT2D eigenvalue weighted by atomic mass is 9.91. The third-order valence-electron chi connectivity index (χ3n) is 20.3. The van der Waals surface area contributed by atoms with E-state index < -0.39 is 0 Å². The first-order valence-electron chi connectivity index (χ1n) is 33.4. The van der Waals surface area contributed by atoms with E-state index in [1.807, 2.05) is 0 Å². The van der Waals surface area contributed by atoms with Crippen LogP contribution < -0.4 is 0 Å². The quantitative estimate of drug-likeness (QED) is 0.144. The maximum Gasteiger partial charge on any atom is 0.168 e. The van der Waals surface area contributed by atoms with E-state index in [1.165, 1.54) is 81.7 Å². The molecule has 0 atom stereocenters. The predicted molar refractivity (Wildman–Crippen MR) is 409 cm³/mol. The maximum absolute atomic E-state index is 5.18. The Balaban J connectivity index is 0.641. The van der Waals surface area contributed by atoms with Gasteiger partial charge in [-0.25, -0.2) is 0 Å². The van der Waals surface area contributed by atoms with Gasteiger partial charge in [-0.3, -0.25) is 9.13 Å². The van der Waals surface area contributed by atoms with E-state index >= 15 is 0 Å². The van der Waals surface area contributed by atoms with Gasteiger partial charge in [-0.1, -0.05) is 285 Å². The Labute approximate surface area is 563 Å². The second kappa shape index (κ2) is 22.2. The highest BCUT2D eigenvalue weighted by molar-refractivity contribution is 6.20. The molecule has 0 spiro atoms. The summed E-state index contributed by atoms with van der Waals surface area (Å²) in [5, 5.41) is 39.0.